The van der Waals surface area contributed by atoms with E-state index in [0.717, 1.165) is 36.9 Å². The average molecular weight is 420 g/mol. The summed E-state index contributed by atoms with van der Waals surface area (Å²) in [5.74, 6) is 1.43. The molecule has 0 spiro atoms. The molecule has 2 aromatic carbocycles. The number of nitrogens with zero attached hydrogens (tertiary/aromatic N) is 1. The highest BCUT2D eigenvalue weighted by Gasteiger charge is 2.53. The zero-order chi connectivity index (χ0) is 22.2. The van der Waals surface area contributed by atoms with Crippen molar-refractivity contribution in [1.82, 2.24) is 4.90 Å². The summed E-state index contributed by atoms with van der Waals surface area (Å²) in [6.45, 7) is 9.70. The van der Waals surface area contributed by atoms with Crippen molar-refractivity contribution in [2.24, 2.45) is 17.8 Å². The molecule has 3 heteroatoms. The van der Waals surface area contributed by atoms with Gasteiger partial charge in [0.15, 0.2) is 0 Å². The molecule has 0 saturated heterocycles. The Morgan fingerprint density at radius 3 is 2.61 bits per heavy atom. The smallest absolute Gasteiger partial charge is 0.119 e. The van der Waals surface area contributed by atoms with E-state index in [1.807, 2.05) is 12.1 Å². The van der Waals surface area contributed by atoms with Gasteiger partial charge in [-0.2, -0.15) is 0 Å². The molecule has 1 aliphatic carbocycles. The fourth-order valence-corrected chi connectivity index (χ4v) is 6.13. The molecule has 0 aromatic heterocycles. The van der Waals surface area contributed by atoms with Crippen LogP contribution in [0.15, 0.2) is 60.8 Å². The minimum atomic E-state index is -0.740. The van der Waals surface area contributed by atoms with Crippen LogP contribution < -0.4 is 0 Å². The molecule has 5 unspecified atom stereocenters. The fourth-order valence-electron chi connectivity index (χ4n) is 6.13. The summed E-state index contributed by atoms with van der Waals surface area (Å²) in [5.41, 5.74) is 2.76. The van der Waals surface area contributed by atoms with Crippen molar-refractivity contribution in [2.45, 2.75) is 64.5 Å². The second-order valence-corrected chi connectivity index (χ2v) is 9.95. The molecule has 0 amide bonds. The minimum absolute atomic E-state index is 0.0690. The first kappa shape index (κ1) is 22.0. The Hall–Kier alpha value is -2.26. The van der Waals surface area contributed by atoms with Crippen LogP contribution in [0.2, 0.25) is 0 Å². The van der Waals surface area contributed by atoms with E-state index in [9.17, 15) is 10.2 Å². The maximum atomic E-state index is 12.0. The van der Waals surface area contributed by atoms with Crippen LogP contribution in [0.25, 0.3) is 0 Å². The standard InChI is InChI=1S/C28H37NO2/c1-19-10-11-26(30)24(18-19)21(3)27-20(2)12-15-28(31)22(4)29(17-14-25(27)28)16-13-23-8-6-5-7-9-23/h5-11,14,17-18,20-22,25,27,30-31H,12-13,15-16H2,1-4H3/t20?,21?,22-,25?,27?,28?/m1/s1. The van der Waals surface area contributed by atoms with Crippen LogP contribution in [0.1, 0.15) is 56.2 Å². The lowest BCUT2D eigenvalue weighted by Gasteiger charge is -2.55. The molecule has 4 rings (SSSR count). The number of hydrogen-bond donors (Lipinski definition) is 2. The number of phenolic OH excluding ortho intramolecular Hbond substituents is 1. The van der Waals surface area contributed by atoms with Crippen molar-refractivity contribution >= 4 is 0 Å². The van der Waals surface area contributed by atoms with Gasteiger partial charge in [-0.25, -0.2) is 0 Å². The maximum absolute atomic E-state index is 12.0. The molecule has 3 nitrogen and oxygen atoms in total. The third kappa shape index (κ3) is 4.13. The molecule has 0 radical (unpaired) electrons. The molecule has 1 saturated carbocycles. The predicted molar refractivity (Wildman–Crippen MR) is 127 cm³/mol. The number of hydrogen-bond acceptors (Lipinski definition) is 3. The first-order valence-electron chi connectivity index (χ1n) is 11.8. The highest BCUT2D eigenvalue weighted by molar-refractivity contribution is 5.39. The SMILES string of the molecule is Cc1ccc(O)c(C(C)C2C(C)CCC3(O)C2C=CN(CCc2ccccc2)[C@@H]3C)c1. The van der Waals surface area contributed by atoms with Crippen molar-refractivity contribution in [2.75, 3.05) is 6.54 Å². The highest BCUT2D eigenvalue weighted by Crippen LogP contribution is 2.52. The average Bonchev–Trinajstić information content (AvgIpc) is 2.77. The zero-order valence-corrected chi connectivity index (χ0v) is 19.3. The summed E-state index contributed by atoms with van der Waals surface area (Å²) in [6.07, 6.45) is 7.30. The normalized spacial score (nSPS) is 31.3. The number of phenols is 1. The Morgan fingerprint density at radius 1 is 1.13 bits per heavy atom. The van der Waals surface area contributed by atoms with Crippen molar-refractivity contribution < 1.29 is 10.2 Å². The van der Waals surface area contributed by atoms with Gasteiger partial charge >= 0.3 is 0 Å². The number of rotatable bonds is 5. The van der Waals surface area contributed by atoms with Crippen molar-refractivity contribution in [3.05, 3.63) is 77.5 Å². The third-order valence-corrected chi connectivity index (χ3v) is 8.11. The Balaban J connectivity index is 1.59. The molecule has 1 fully saturated rings. The van der Waals surface area contributed by atoms with Crippen LogP contribution in [0.4, 0.5) is 0 Å². The Kier molecular flexibility index (Phi) is 6.16. The number of fused-ring (bicyclic) bond motifs is 1. The van der Waals surface area contributed by atoms with Crippen LogP contribution >= 0.6 is 0 Å². The van der Waals surface area contributed by atoms with E-state index in [2.05, 4.69) is 81.3 Å². The topological polar surface area (TPSA) is 43.7 Å². The lowest BCUT2D eigenvalue weighted by Crippen LogP contribution is -2.61. The van der Waals surface area contributed by atoms with E-state index in [4.69, 9.17) is 0 Å². The molecule has 2 aromatic rings. The summed E-state index contributed by atoms with van der Waals surface area (Å²) in [5, 5.41) is 22.5. The van der Waals surface area contributed by atoms with Gasteiger partial charge in [-0.3, -0.25) is 0 Å². The van der Waals surface area contributed by atoms with E-state index < -0.39 is 5.60 Å². The number of aliphatic hydroxyl groups is 1. The van der Waals surface area contributed by atoms with Gasteiger partial charge in [0.25, 0.3) is 0 Å². The van der Waals surface area contributed by atoms with Gasteiger partial charge in [-0.15, -0.1) is 0 Å². The summed E-state index contributed by atoms with van der Waals surface area (Å²) in [6, 6.07) is 16.5. The van der Waals surface area contributed by atoms with Crippen LogP contribution in [0.3, 0.4) is 0 Å². The molecular weight excluding hydrogens is 382 g/mol. The quantitative estimate of drug-likeness (QED) is 0.657. The van der Waals surface area contributed by atoms with Crippen LogP contribution in [0.5, 0.6) is 5.75 Å². The number of aromatic hydroxyl groups is 1. The van der Waals surface area contributed by atoms with Gasteiger partial charge in [-0.05, 0) is 74.3 Å². The molecular formula is C28H37NO2. The summed E-state index contributed by atoms with van der Waals surface area (Å²) in [7, 11) is 0. The number of benzene rings is 2. The van der Waals surface area contributed by atoms with Crippen LogP contribution in [-0.2, 0) is 6.42 Å². The second kappa shape index (κ2) is 8.70. The van der Waals surface area contributed by atoms with Gasteiger partial charge in [0.1, 0.15) is 5.75 Å². The van der Waals surface area contributed by atoms with E-state index in [1.54, 1.807) is 0 Å². The summed E-state index contributed by atoms with van der Waals surface area (Å²) >= 11 is 0. The van der Waals surface area contributed by atoms with Gasteiger partial charge in [0, 0.05) is 12.5 Å². The van der Waals surface area contributed by atoms with Crippen LogP contribution in [0, 0.1) is 24.7 Å². The van der Waals surface area contributed by atoms with Crippen molar-refractivity contribution in [3.8, 4) is 5.75 Å². The lowest BCUT2D eigenvalue weighted by atomic mass is 9.57. The zero-order valence-electron chi connectivity index (χ0n) is 19.3. The van der Waals surface area contributed by atoms with Crippen molar-refractivity contribution in [1.29, 1.82) is 0 Å². The van der Waals surface area contributed by atoms with E-state index in [1.165, 1.54) is 5.56 Å². The Morgan fingerprint density at radius 2 is 1.87 bits per heavy atom. The minimum Gasteiger partial charge on any atom is -0.508 e. The largest absolute Gasteiger partial charge is 0.508 e. The number of aryl methyl sites for hydroxylation is 1. The Bertz CT molecular complexity index is 924. The molecule has 2 N–H and O–H groups in total. The highest BCUT2D eigenvalue weighted by atomic mass is 16.3. The molecule has 2 aliphatic rings. The molecule has 0 bridgehead atoms. The van der Waals surface area contributed by atoms with Gasteiger partial charge < -0.3 is 15.1 Å². The lowest BCUT2D eigenvalue weighted by molar-refractivity contribution is -0.125. The fraction of sp³-hybridized carbons (Fsp3) is 0.500. The molecule has 1 aliphatic heterocycles. The summed E-state index contributed by atoms with van der Waals surface area (Å²) in [4.78, 5) is 2.32. The van der Waals surface area contributed by atoms with Crippen LogP contribution in [-0.4, -0.2) is 33.3 Å². The molecule has 6 atom stereocenters. The molecule has 31 heavy (non-hydrogen) atoms. The maximum Gasteiger partial charge on any atom is 0.119 e. The van der Waals surface area contributed by atoms with Gasteiger partial charge in [0.05, 0.1) is 11.6 Å². The van der Waals surface area contributed by atoms with E-state index in [-0.39, 0.29) is 17.9 Å². The van der Waals surface area contributed by atoms with Gasteiger partial charge in [-0.1, -0.05) is 68.0 Å². The van der Waals surface area contributed by atoms with Crippen molar-refractivity contribution in [3.63, 3.8) is 0 Å². The third-order valence-electron chi connectivity index (χ3n) is 8.11. The first-order valence-corrected chi connectivity index (χ1v) is 11.8. The Labute approximate surface area is 187 Å². The van der Waals surface area contributed by atoms with E-state index >= 15 is 0 Å². The second-order valence-electron chi connectivity index (χ2n) is 9.95. The molecule has 1 heterocycles. The first-order chi connectivity index (χ1) is 14.8. The molecule has 166 valence electrons. The van der Waals surface area contributed by atoms with E-state index in [0.29, 0.717) is 17.6 Å². The van der Waals surface area contributed by atoms with Gasteiger partial charge in [0.2, 0.25) is 0 Å². The predicted octanol–water partition coefficient (Wildman–Crippen LogP) is 5.66. The monoisotopic (exact) mass is 419 g/mol. The summed E-state index contributed by atoms with van der Waals surface area (Å²) < 4.78 is 0.